The highest BCUT2D eigenvalue weighted by Gasteiger charge is 2.20. The fourth-order valence-corrected chi connectivity index (χ4v) is 1.14. The molecule has 0 bridgehead atoms. The average Bonchev–Trinajstić information content (AvgIpc) is 2.58. The first-order chi connectivity index (χ1) is 5.79. The Morgan fingerprint density at radius 3 is 2.75 bits per heavy atom. The number of rotatable bonds is 4. The van der Waals surface area contributed by atoms with Crippen molar-refractivity contribution in [2.45, 2.75) is 19.4 Å². The summed E-state index contributed by atoms with van der Waals surface area (Å²) < 4.78 is 5.02. The van der Waals surface area contributed by atoms with Crippen molar-refractivity contribution in [3.8, 4) is 0 Å². The molecule has 2 atom stereocenters. The molecule has 3 heteroatoms. The summed E-state index contributed by atoms with van der Waals surface area (Å²) in [6.07, 6.45) is 1.57. The number of aliphatic hydroxyl groups excluding tert-OH is 2. The van der Waals surface area contributed by atoms with Gasteiger partial charge in [0.05, 0.1) is 6.26 Å². The highest BCUT2D eigenvalue weighted by molar-refractivity contribution is 5.02. The van der Waals surface area contributed by atoms with Crippen LogP contribution in [0.1, 0.15) is 25.2 Å². The van der Waals surface area contributed by atoms with Gasteiger partial charge in [-0.05, 0) is 18.6 Å². The molecule has 0 unspecified atom stereocenters. The van der Waals surface area contributed by atoms with Crippen LogP contribution in [0, 0.1) is 5.92 Å². The molecule has 0 aliphatic carbocycles. The SMILES string of the molecule is CC[C@H](CO)[C@@H](O)c1ccco1. The molecule has 0 saturated heterocycles. The van der Waals surface area contributed by atoms with E-state index < -0.39 is 6.10 Å². The zero-order chi connectivity index (χ0) is 8.97. The molecule has 0 spiro atoms. The Morgan fingerprint density at radius 2 is 2.33 bits per heavy atom. The second-order valence-electron chi connectivity index (χ2n) is 2.81. The van der Waals surface area contributed by atoms with Crippen LogP contribution in [0.5, 0.6) is 0 Å². The summed E-state index contributed by atoms with van der Waals surface area (Å²) in [6.45, 7) is 1.91. The summed E-state index contributed by atoms with van der Waals surface area (Å²) in [4.78, 5) is 0. The molecule has 0 amide bonds. The van der Waals surface area contributed by atoms with Gasteiger partial charge < -0.3 is 14.6 Å². The minimum absolute atomic E-state index is 0.0155. The van der Waals surface area contributed by atoms with Gasteiger partial charge in [0, 0.05) is 12.5 Å². The topological polar surface area (TPSA) is 53.6 Å². The average molecular weight is 170 g/mol. The predicted octanol–water partition coefficient (Wildman–Crippen LogP) is 1.33. The number of hydrogen-bond acceptors (Lipinski definition) is 3. The predicted molar refractivity (Wildman–Crippen MR) is 44.5 cm³/mol. The lowest BCUT2D eigenvalue weighted by molar-refractivity contribution is 0.0485. The van der Waals surface area contributed by atoms with Crippen molar-refractivity contribution < 1.29 is 14.6 Å². The van der Waals surface area contributed by atoms with E-state index in [1.165, 1.54) is 6.26 Å². The summed E-state index contributed by atoms with van der Waals surface area (Å²) in [5.74, 6) is 0.395. The van der Waals surface area contributed by atoms with E-state index in [4.69, 9.17) is 9.52 Å². The largest absolute Gasteiger partial charge is 0.467 e. The van der Waals surface area contributed by atoms with Gasteiger partial charge in [-0.1, -0.05) is 6.92 Å². The van der Waals surface area contributed by atoms with Crippen LogP contribution in [-0.4, -0.2) is 16.8 Å². The van der Waals surface area contributed by atoms with Gasteiger partial charge in [-0.2, -0.15) is 0 Å². The lowest BCUT2D eigenvalue weighted by Gasteiger charge is -2.16. The number of furan rings is 1. The fourth-order valence-electron chi connectivity index (χ4n) is 1.14. The lowest BCUT2D eigenvalue weighted by Crippen LogP contribution is -2.14. The van der Waals surface area contributed by atoms with Crippen molar-refractivity contribution in [1.82, 2.24) is 0 Å². The highest BCUT2D eigenvalue weighted by Crippen LogP contribution is 2.23. The van der Waals surface area contributed by atoms with Crippen LogP contribution < -0.4 is 0 Å². The molecular formula is C9H14O3. The Morgan fingerprint density at radius 1 is 1.58 bits per heavy atom. The van der Waals surface area contributed by atoms with Gasteiger partial charge in [-0.15, -0.1) is 0 Å². The van der Waals surface area contributed by atoms with Crippen LogP contribution in [0.25, 0.3) is 0 Å². The summed E-state index contributed by atoms with van der Waals surface area (Å²) in [7, 11) is 0. The number of hydrogen-bond donors (Lipinski definition) is 2. The Kier molecular flexibility index (Phi) is 3.31. The van der Waals surface area contributed by atoms with E-state index in [9.17, 15) is 5.11 Å². The van der Waals surface area contributed by atoms with E-state index in [1.54, 1.807) is 12.1 Å². The van der Waals surface area contributed by atoms with E-state index in [0.29, 0.717) is 5.76 Å². The maximum absolute atomic E-state index is 9.62. The number of aliphatic hydroxyl groups is 2. The van der Waals surface area contributed by atoms with E-state index in [1.807, 2.05) is 6.92 Å². The summed E-state index contributed by atoms with van der Waals surface area (Å²) >= 11 is 0. The molecule has 1 rings (SSSR count). The first-order valence-electron chi connectivity index (χ1n) is 4.12. The summed E-state index contributed by atoms with van der Waals surface area (Å²) in [5.41, 5.74) is 0. The van der Waals surface area contributed by atoms with Gasteiger partial charge in [0.25, 0.3) is 0 Å². The van der Waals surface area contributed by atoms with Crippen LogP contribution in [-0.2, 0) is 0 Å². The molecule has 0 saturated carbocycles. The van der Waals surface area contributed by atoms with Crippen LogP contribution in [0.15, 0.2) is 22.8 Å². The first kappa shape index (κ1) is 9.29. The van der Waals surface area contributed by atoms with Crippen LogP contribution >= 0.6 is 0 Å². The van der Waals surface area contributed by atoms with Gasteiger partial charge in [-0.3, -0.25) is 0 Å². The Bertz CT molecular complexity index is 202. The van der Waals surface area contributed by atoms with E-state index in [0.717, 1.165) is 6.42 Å². The standard InChI is InChI=1S/C9H14O3/c1-2-7(6-10)9(11)8-4-3-5-12-8/h3-5,7,9-11H,2,6H2,1H3/t7-,9-/m1/s1. The Labute approximate surface area is 71.6 Å². The fraction of sp³-hybridized carbons (Fsp3) is 0.556. The maximum atomic E-state index is 9.62. The van der Waals surface area contributed by atoms with Gasteiger partial charge >= 0.3 is 0 Å². The van der Waals surface area contributed by atoms with Gasteiger partial charge in [-0.25, -0.2) is 0 Å². The van der Waals surface area contributed by atoms with Crippen molar-refractivity contribution in [1.29, 1.82) is 0 Å². The molecule has 68 valence electrons. The lowest BCUT2D eigenvalue weighted by atomic mass is 9.99. The third-order valence-corrected chi connectivity index (χ3v) is 2.04. The molecular weight excluding hydrogens is 156 g/mol. The highest BCUT2D eigenvalue weighted by atomic mass is 16.4. The monoisotopic (exact) mass is 170 g/mol. The third kappa shape index (κ3) is 1.87. The molecule has 1 aromatic heterocycles. The second-order valence-corrected chi connectivity index (χ2v) is 2.81. The molecule has 0 radical (unpaired) electrons. The Hall–Kier alpha value is -0.800. The normalized spacial score (nSPS) is 15.9. The van der Waals surface area contributed by atoms with Crippen molar-refractivity contribution in [3.63, 3.8) is 0 Å². The van der Waals surface area contributed by atoms with E-state index in [-0.39, 0.29) is 12.5 Å². The molecule has 12 heavy (non-hydrogen) atoms. The molecule has 1 heterocycles. The summed E-state index contributed by atoms with van der Waals surface area (Å²) in [6, 6.07) is 3.44. The second kappa shape index (κ2) is 4.28. The minimum atomic E-state index is -0.685. The van der Waals surface area contributed by atoms with Crippen LogP contribution in [0.4, 0.5) is 0 Å². The van der Waals surface area contributed by atoms with Crippen molar-refractivity contribution >= 4 is 0 Å². The zero-order valence-electron chi connectivity index (χ0n) is 7.10. The molecule has 0 aromatic carbocycles. The first-order valence-corrected chi connectivity index (χ1v) is 4.12. The zero-order valence-corrected chi connectivity index (χ0v) is 7.10. The maximum Gasteiger partial charge on any atom is 0.132 e. The quantitative estimate of drug-likeness (QED) is 0.716. The van der Waals surface area contributed by atoms with Gasteiger partial charge in [0.1, 0.15) is 11.9 Å². The van der Waals surface area contributed by atoms with Crippen molar-refractivity contribution in [2.24, 2.45) is 5.92 Å². The molecule has 0 aliphatic heterocycles. The minimum Gasteiger partial charge on any atom is -0.467 e. The van der Waals surface area contributed by atoms with Crippen LogP contribution in [0.2, 0.25) is 0 Å². The van der Waals surface area contributed by atoms with Crippen LogP contribution in [0.3, 0.4) is 0 Å². The van der Waals surface area contributed by atoms with E-state index in [2.05, 4.69) is 0 Å². The van der Waals surface area contributed by atoms with Crippen molar-refractivity contribution in [3.05, 3.63) is 24.2 Å². The smallest absolute Gasteiger partial charge is 0.132 e. The van der Waals surface area contributed by atoms with E-state index >= 15 is 0 Å². The Balaban J connectivity index is 2.63. The molecule has 1 aromatic rings. The van der Waals surface area contributed by atoms with Crippen molar-refractivity contribution in [2.75, 3.05) is 6.61 Å². The third-order valence-electron chi connectivity index (χ3n) is 2.04. The molecule has 3 nitrogen and oxygen atoms in total. The van der Waals surface area contributed by atoms with Gasteiger partial charge in [0.15, 0.2) is 0 Å². The molecule has 0 fully saturated rings. The molecule has 2 N–H and O–H groups in total. The summed E-state index contributed by atoms with van der Waals surface area (Å²) in [5, 5.41) is 18.5. The van der Waals surface area contributed by atoms with Gasteiger partial charge in [0.2, 0.25) is 0 Å². The molecule has 0 aliphatic rings.